The molecule has 2 saturated carbocycles. The summed E-state index contributed by atoms with van der Waals surface area (Å²) in [7, 11) is 0. The van der Waals surface area contributed by atoms with Gasteiger partial charge in [0.25, 0.3) is 0 Å². The zero-order valence-corrected chi connectivity index (χ0v) is 13.5. The smallest absolute Gasteiger partial charge is 0.144 e. The van der Waals surface area contributed by atoms with Crippen LogP contribution in [0.2, 0.25) is 0 Å². The van der Waals surface area contributed by atoms with Gasteiger partial charge < -0.3 is 4.57 Å². The molecule has 0 aliphatic heterocycles. The number of thiophene rings is 1. The van der Waals surface area contributed by atoms with Gasteiger partial charge in [-0.1, -0.05) is 0 Å². The van der Waals surface area contributed by atoms with Crippen LogP contribution in [0.15, 0.2) is 6.07 Å². The fourth-order valence-corrected chi connectivity index (χ4v) is 4.04. The van der Waals surface area contributed by atoms with E-state index in [9.17, 15) is 4.39 Å². The summed E-state index contributed by atoms with van der Waals surface area (Å²) >= 11 is 1.53. The van der Waals surface area contributed by atoms with Crippen molar-refractivity contribution in [2.24, 2.45) is 0 Å². The highest BCUT2D eigenvalue weighted by atomic mass is 32.1. The maximum atomic E-state index is 14.3. The van der Waals surface area contributed by atoms with Crippen LogP contribution >= 0.6 is 11.3 Å². The third-order valence-electron chi connectivity index (χ3n) is 4.51. The third kappa shape index (κ3) is 2.13. The van der Waals surface area contributed by atoms with Crippen molar-refractivity contribution in [2.75, 3.05) is 0 Å². The molecule has 4 rings (SSSR count). The van der Waals surface area contributed by atoms with E-state index >= 15 is 0 Å². The van der Waals surface area contributed by atoms with Crippen LogP contribution in [0.3, 0.4) is 0 Å². The standard InChI is InChI=1S/C16H20FN3S/c1-9-8-12(17)13(21-9)16(2,3)15-19-18-14(10-4-5-10)20(15)11-6-7-11/h8,10-11H,4-7H2,1-3H3. The SMILES string of the molecule is Cc1cc(F)c(C(C)(C)c2nnc(C3CC3)n2C2CC2)s1. The molecule has 0 N–H and O–H groups in total. The molecule has 0 unspecified atom stereocenters. The molecule has 2 aromatic heterocycles. The molecule has 2 aliphatic rings. The van der Waals surface area contributed by atoms with Crippen LogP contribution in [-0.4, -0.2) is 14.8 Å². The maximum Gasteiger partial charge on any atom is 0.144 e. The van der Waals surface area contributed by atoms with Crippen molar-refractivity contribution in [1.29, 1.82) is 0 Å². The Morgan fingerprint density at radius 3 is 2.48 bits per heavy atom. The van der Waals surface area contributed by atoms with Gasteiger partial charge in [0.2, 0.25) is 0 Å². The summed E-state index contributed by atoms with van der Waals surface area (Å²) < 4.78 is 16.6. The van der Waals surface area contributed by atoms with Crippen molar-refractivity contribution in [3.05, 3.63) is 33.3 Å². The Morgan fingerprint density at radius 2 is 1.95 bits per heavy atom. The van der Waals surface area contributed by atoms with Gasteiger partial charge >= 0.3 is 0 Å². The lowest BCUT2D eigenvalue weighted by Crippen LogP contribution is -2.25. The molecule has 5 heteroatoms. The summed E-state index contributed by atoms with van der Waals surface area (Å²) in [5.74, 6) is 2.54. The summed E-state index contributed by atoms with van der Waals surface area (Å²) in [5.41, 5.74) is -0.425. The Kier molecular flexibility index (Phi) is 2.80. The molecule has 2 aromatic rings. The molecule has 2 fully saturated rings. The summed E-state index contributed by atoms with van der Waals surface area (Å²) in [6, 6.07) is 2.16. The van der Waals surface area contributed by atoms with E-state index in [-0.39, 0.29) is 5.82 Å². The zero-order valence-electron chi connectivity index (χ0n) is 12.7. The van der Waals surface area contributed by atoms with Gasteiger partial charge in [0.1, 0.15) is 17.5 Å². The normalized spacial score (nSPS) is 19.2. The minimum Gasteiger partial charge on any atom is -0.311 e. The number of halogens is 1. The third-order valence-corrected chi connectivity index (χ3v) is 5.86. The van der Waals surface area contributed by atoms with Crippen LogP contribution < -0.4 is 0 Å². The predicted octanol–water partition coefficient (Wildman–Crippen LogP) is 4.33. The molecule has 3 nitrogen and oxygen atoms in total. The van der Waals surface area contributed by atoms with Gasteiger partial charge in [-0.15, -0.1) is 21.5 Å². The average molecular weight is 305 g/mol. The number of hydrogen-bond donors (Lipinski definition) is 0. The minimum atomic E-state index is -0.425. The maximum absolute atomic E-state index is 14.3. The molecule has 0 saturated heterocycles. The van der Waals surface area contributed by atoms with E-state index in [1.54, 1.807) is 6.07 Å². The summed E-state index contributed by atoms with van der Waals surface area (Å²) in [4.78, 5) is 1.78. The minimum absolute atomic E-state index is 0.110. The number of hydrogen-bond acceptors (Lipinski definition) is 3. The van der Waals surface area contributed by atoms with Gasteiger partial charge in [-0.3, -0.25) is 0 Å². The molecule has 0 atom stereocenters. The van der Waals surface area contributed by atoms with Crippen LogP contribution in [-0.2, 0) is 5.41 Å². The van der Waals surface area contributed by atoms with E-state index in [0.717, 1.165) is 21.4 Å². The van der Waals surface area contributed by atoms with Crippen LogP contribution in [0, 0.1) is 12.7 Å². The van der Waals surface area contributed by atoms with Crippen molar-refractivity contribution in [3.8, 4) is 0 Å². The summed E-state index contributed by atoms with van der Waals surface area (Å²) in [5, 5.41) is 8.95. The van der Waals surface area contributed by atoms with Gasteiger partial charge in [-0.2, -0.15) is 0 Å². The van der Waals surface area contributed by atoms with Gasteiger partial charge in [0, 0.05) is 16.8 Å². The molecule has 112 valence electrons. The molecular formula is C16H20FN3S. The van der Waals surface area contributed by atoms with Gasteiger partial charge in [0.05, 0.1) is 10.3 Å². The number of aromatic nitrogens is 3. The lowest BCUT2D eigenvalue weighted by atomic mass is 9.90. The van der Waals surface area contributed by atoms with Crippen molar-refractivity contribution in [3.63, 3.8) is 0 Å². The van der Waals surface area contributed by atoms with E-state index in [4.69, 9.17) is 0 Å². The first-order chi connectivity index (χ1) is 9.98. The lowest BCUT2D eigenvalue weighted by molar-refractivity contribution is 0.504. The molecular weight excluding hydrogens is 285 g/mol. The van der Waals surface area contributed by atoms with Gasteiger partial charge in [-0.05, 0) is 52.5 Å². The van der Waals surface area contributed by atoms with E-state index < -0.39 is 5.41 Å². The quantitative estimate of drug-likeness (QED) is 0.842. The van der Waals surface area contributed by atoms with Crippen LogP contribution in [0.25, 0.3) is 0 Å². The average Bonchev–Trinajstić information content (AvgIpc) is 3.34. The number of rotatable bonds is 4. The van der Waals surface area contributed by atoms with Crippen LogP contribution in [0.1, 0.15) is 72.9 Å². The second-order valence-corrected chi connectivity index (χ2v) is 8.17. The topological polar surface area (TPSA) is 30.7 Å². The van der Waals surface area contributed by atoms with Crippen molar-refractivity contribution in [2.45, 2.75) is 63.8 Å². The molecule has 0 bridgehead atoms. The molecule has 2 aliphatic carbocycles. The molecule has 21 heavy (non-hydrogen) atoms. The van der Waals surface area contributed by atoms with E-state index in [1.165, 1.54) is 37.0 Å². The Bertz CT molecular complexity index is 692. The van der Waals surface area contributed by atoms with Crippen molar-refractivity contribution in [1.82, 2.24) is 14.8 Å². The van der Waals surface area contributed by atoms with Crippen molar-refractivity contribution >= 4 is 11.3 Å². The predicted molar refractivity (Wildman–Crippen MR) is 81.4 cm³/mol. The molecule has 2 heterocycles. The van der Waals surface area contributed by atoms with Gasteiger partial charge in [0.15, 0.2) is 0 Å². The number of aryl methyl sites for hydroxylation is 1. The second-order valence-electron chi connectivity index (χ2n) is 6.92. The lowest BCUT2D eigenvalue weighted by Gasteiger charge is -2.24. The molecule has 0 amide bonds. The van der Waals surface area contributed by atoms with Crippen LogP contribution in [0.5, 0.6) is 0 Å². The Morgan fingerprint density at radius 1 is 1.24 bits per heavy atom. The van der Waals surface area contributed by atoms with Crippen molar-refractivity contribution < 1.29 is 4.39 Å². The fourth-order valence-electron chi connectivity index (χ4n) is 3.05. The fraction of sp³-hybridized carbons (Fsp3) is 0.625. The first-order valence-corrected chi connectivity index (χ1v) is 8.52. The first-order valence-electron chi connectivity index (χ1n) is 7.70. The van der Waals surface area contributed by atoms with E-state index in [1.807, 2.05) is 6.92 Å². The highest BCUT2D eigenvalue weighted by molar-refractivity contribution is 7.12. The summed E-state index contributed by atoms with van der Waals surface area (Å²) in [6.07, 6.45) is 4.84. The highest BCUT2D eigenvalue weighted by Crippen LogP contribution is 2.47. The van der Waals surface area contributed by atoms with E-state index in [0.29, 0.717) is 12.0 Å². The monoisotopic (exact) mass is 305 g/mol. The Labute approximate surface area is 128 Å². The first kappa shape index (κ1) is 13.4. The molecule has 0 spiro atoms. The second kappa shape index (κ2) is 4.38. The Balaban J connectivity index is 1.83. The largest absolute Gasteiger partial charge is 0.311 e. The van der Waals surface area contributed by atoms with E-state index in [2.05, 4.69) is 28.6 Å². The highest BCUT2D eigenvalue weighted by Gasteiger charge is 2.41. The summed E-state index contributed by atoms with van der Waals surface area (Å²) in [6.45, 7) is 6.09. The Hall–Kier alpha value is -1.23. The molecule has 0 radical (unpaired) electrons. The van der Waals surface area contributed by atoms with Crippen LogP contribution in [0.4, 0.5) is 4.39 Å². The van der Waals surface area contributed by atoms with Gasteiger partial charge in [-0.25, -0.2) is 4.39 Å². The number of nitrogens with zero attached hydrogens (tertiary/aromatic N) is 3. The molecule has 0 aromatic carbocycles. The zero-order chi connectivity index (χ0) is 14.8.